The van der Waals surface area contributed by atoms with Crippen molar-refractivity contribution in [2.45, 2.75) is 43.7 Å². The number of halogens is 1. The molecule has 4 rings (SSSR count). The number of amides is 2. The third-order valence-electron chi connectivity index (χ3n) is 6.14. The maximum absolute atomic E-state index is 13.3. The largest absolute Gasteiger partial charge is 0.465 e. The minimum atomic E-state index is -4.04. The Morgan fingerprint density at radius 2 is 1.92 bits per heavy atom. The summed E-state index contributed by atoms with van der Waals surface area (Å²) in [6, 6.07) is 3.43. The van der Waals surface area contributed by atoms with E-state index in [0.717, 1.165) is 39.9 Å². The summed E-state index contributed by atoms with van der Waals surface area (Å²) in [4.78, 5) is 40.2. The number of carbonyl (C=O) groups is 3. The molecule has 1 atom stereocenters. The van der Waals surface area contributed by atoms with Crippen LogP contribution >= 0.6 is 11.3 Å². The number of rotatable bonds is 6. The number of anilines is 1. The van der Waals surface area contributed by atoms with E-state index in [9.17, 15) is 27.2 Å². The smallest absolute Gasteiger partial charge is 0.410 e. The van der Waals surface area contributed by atoms with Gasteiger partial charge in [0.2, 0.25) is 15.9 Å². The van der Waals surface area contributed by atoms with Gasteiger partial charge in [-0.15, -0.1) is 11.3 Å². The molecule has 0 spiro atoms. The third-order valence-corrected chi connectivity index (χ3v) is 9.19. The van der Waals surface area contributed by atoms with Gasteiger partial charge in [-0.05, 0) is 56.0 Å². The Morgan fingerprint density at radius 1 is 1.19 bits per heavy atom. The zero-order valence-corrected chi connectivity index (χ0v) is 21.4. The number of ether oxygens (including phenoxy) is 2. The van der Waals surface area contributed by atoms with Crippen LogP contribution in [-0.4, -0.2) is 68.4 Å². The van der Waals surface area contributed by atoms with Crippen molar-refractivity contribution in [3.05, 3.63) is 46.1 Å². The summed E-state index contributed by atoms with van der Waals surface area (Å²) < 4.78 is 50.7. The van der Waals surface area contributed by atoms with Gasteiger partial charge in [0.05, 0.1) is 30.7 Å². The summed E-state index contributed by atoms with van der Waals surface area (Å²) in [7, 11) is -2.80. The zero-order chi connectivity index (χ0) is 26.0. The molecule has 36 heavy (non-hydrogen) atoms. The molecule has 3 heterocycles. The second-order valence-corrected chi connectivity index (χ2v) is 11.3. The van der Waals surface area contributed by atoms with E-state index in [2.05, 4.69) is 5.32 Å². The van der Waals surface area contributed by atoms with Gasteiger partial charge in [0, 0.05) is 18.0 Å². The summed E-state index contributed by atoms with van der Waals surface area (Å²) in [5.41, 5.74) is 0.894. The molecule has 194 valence electrons. The van der Waals surface area contributed by atoms with Crippen LogP contribution in [-0.2, 0) is 37.3 Å². The Balaban J connectivity index is 1.59. The summed E-state index contributed by atoms with van der Waals surface area (Å²) in [6.45, 7) is 2.64. The first-order valence-electron chi connectivity index (χ1n) is 11.4. The van der Waals surface area contributed by atoms with Crippen LogP contribution in [0.2, 0.25) is 0 Å². The number of esters is 1. The van der Waals surface area contributed by atoms with Gasteiger partial charge in [-0.2, -0.15) is 4.31 Å². The lowest BCUT2D eigenvalue weighted by Crippen LogP contribution is -2.43. The normalized spacial score (nSPS) is 18.0. The Hall–Kier alpha value is -3.03. The predicted octanol–water partition coefficient (Wildman–Crippen LogP) is 2.98. The van der Waals surface area contributed by atoms with E-state index in [1.807, 2.05) is 0 Å². The number of hydrogen-bond acceptors (Lipinski definition) is 8. The fourth-order valence-electron chi connectivity index (χ4n) is 4.41. The van der Waals surface area contributed by atoms with Crippen molar-refractivity contribution in [2.75, 3.05) is 32.1 Å². The molecule has 0 aliphatic carbocycles. The molecule has 13 heteroatoms. The molecule has 1 fully saturated rings. The van der Waals surface area contributed by atoms with Gasteiger partial charge in [0.15, 0.2) is 0 Å². The molecule has 2 aliphatic heterocycles. The second kappa shape index (κ2) is 10.5. The third kappa shape index (κ3) is 4.95. The van der Waals surface area contributed by atoms with Crippen molar-refractivity contribution in [1.29, 1.82) is 0 Å². The van der Waals surface area contributed by atoms with Crippen LogP contribution in [0.5, 0.6) is 0 Å². The van der Waals surface area contributed by atoms with Crippen molar-refractivity contribution >= 4 is 44.3 Å². The van der Waals surface area contributed by atoms with Gasteiger partial charge in [-0.1, -0.05) is 0 Å². The molecule has 1 saturated heterocycles. The number of hydrogen-bond donors (Lipinski definition) is 1. The van der Waals surface area contributed by atoms with Crippen molar-refractivity contribution in [3.8, 4) is 0 Å². The molecule has 0 saturated carbocycles. The molecule has 0 radical (unpaired) electrons. The fourth-order valence-corrected chi connectivity index (χ4v) is 7.32. The molecular formula is C23H26FN3O7S2. The molecule has 1 unspecified atom stereocenters. The van der Waals surface area contributed by atoms with Crippen LogP contribution in [0.1, 0.15) is 40.6 Å². The number of thiophene rings is 1. The minimum Gasteiger partial charge on any atom is -0.465 e. The lowest BCUT2D eigenvalue weighted by molar-refractivity contribution is -0.119. The van der Waals surface area contributed by atoms with Gasteiger partial charge in [0.25, 0.3) is 0 Å². The standard InChI is InChI=1S/C23H26FN3O7S2/c1-3-34-23(30)26-12-10-16-18(13-26)35-21(19(16)22(29)33-2)25-20(28)17-5-4-11-27(17)36(31,32)15-8-6-14(24)7-9-15/h6-9,17H,3-5,10-13H2,1-2H3,(H,25,28). The van der Waals surface area contributed by atoms with Crippen LogP contribution < -0.4 is 5.32 Å². The van der Waals surface area contributed by atoms with E-state index in [1.54, 1.807) is 6.92 Å². The molecule has 0 bridgehead atoms. The van der Waals surface area contributed by atoms with Gasteiger partial charge < -0.3 is 19.7 Å². The first-order valence-corrected chi connectivity index (χ1v) is 13.7. The average molecular weight is 540 g/mol. The second-order valence-electron chi connectivity index (χ2n) is 8.29. The molecule has 1 aromatic heterocycles. The Morgan fingerprint density at radius 3 is 2.58 bits per heavy atom. The molecule has 2 aromatic rings. The molecule has 1 aromatic carbocycles. The van der Waals surface area contributed by atoms with Crippen molar-refractivity contribution in [1.82, 2.24) is 9.21 Å². The Labute approximate surface area is 212 Å². The van der Waals surface area contributed by atoms with Crippen molar-refractivity contribution in [3.63, 3.8) is 0 Å². The quantitative estimate of drug-likeness (QED) is 0.560. The highest BCUT2D eigenvalue weighted by Gasteiger charge is 2.40. The first kappa shape index (κ1) is 26.0. The van der Waals surface area contributed by atoms with Crippen LogP contribution in [0.4, 0.5) is 14.2 Å². The average Bonchev–Trinajstić information content (AvgIpc) is 3.49. The number of nitrogens with zero attached hydrogens (tertiary/aromatic N) is 2. The van der Waals surface area contributed by atoms with E-state index in [4.69, 9.17) is 9.47 Å². The maximum atomic E-state index is 13.3. The van der Waals surface area contributed by atoms with E-state index in [1.165, 1.54) is 12.0 Å². The van der Waals surface area contributed by atoms with Crippen LogP contribution in [0, 0.1) is 5.82 Å². The Bertz CT molecular complexity index is 1280. The van der Waals surface area contributed by atoms with Gasteiger partial charge in [-0.3, -0.25) is 4.79 Å². The van der Waals surface area contributed by atoms with E-state index in [-0.39, 0.29) is 35.2 Å². The number of nitrogens with one attached hydrogen (secondary N) is 1. The molecule has 10 nitrogen and oxygen atoms in total. The van der Waals surface area contributed by atoms with E-state index in [0.29, 0.717) is 36.2 Å². The summed E-state index contributed by atoms with van der Waals surface area (Å²) >= 11 is 1.15. The number of carbonyl (C=O) groups excluding carboxylic acids is 3. The summed E-state index contributed by atoms with van der Waals surface area (Å²) in [5.74, 6) is -1.78. The lowest BCUT2D eigenvalue weighted by atomic mass is 10.0. The van der Waals surface area contributed by atoms with E-state index < -0.39 is 39.9 Å². The first-order chi connectivity index (χ1) is 17.2. The number of sulfonamides is 1. The number of methoxy groups -OCH3 is 1. The minimum absolute atomic E-state index is 0.107. The molecule has 2 amide bonds. The fraction of sp³-hybridized carbons (Fsp3) is 0.435. The zero-order valence-electron chi connectivity index (χ0n) is 19.8. The van der Waals surface area contributed by atoms with E-state index >= 15 is 0 Å². The predicted molar refractivity (Wildman–Crippen MR) is 129 cm³/mol. The van der Waals surface area contributed by atoms with Gasteiger partial charge in [0.1, 0.15) is 16.9 Å². The van der Waals surface area contributed by atoms with Crippen molar-refractivity contribution < 1.29 is 36.7 Å². The van der Waals surface area contributed by atoms with Crippen LogP contribution in [0.3, 0.4) is 0 Å². The topological polar surface area (TPSA) is 122 Å². The maximum Gasteiger partial charge on any atom is 0.410 e. The van der Waals surface area contributed by atoms with Gasteiger partial charge >= 0.3 is 12.1 Å². The number of benzene rings is 1. The molecule has 1 N–H and O–H groups in total. The molecular weight excluding hydrogens is 513 g/mol. The highest BCUT2D eigenvalue weighted by molar-refractivity contribution is 7.89. The number of fused-ring (bicyclic) bond motifs is 1. The highest BCUT2D eigenvalue weighted by Crippen LogP contribution is 2.38. The lowest BCUT2D eigenvalue weighted by Gasteiger charge is -2.26. The molecule has 2 aliphatic rings. The van der Waals surface area contributed by atoms with Crippen LogP contribution in [0.25, 0.3) is 0 Å². The Kier molecular flexibility index (Phi) is 7.62. The summed E-state index contributed by atoms with van der Waals surface area (Å²) in [6.07, 6.45) is 0.674. The summed E-state index contributed by atoms with van der Waals surface area (Å²) in [5, 5.41) is 2.98. The monoisotopic (exact) mass is 539 g/mol. The SMILES string of the molecule is CCOC(=O)N1CCc2c(sc(NC(=O)C3CCCN3S(=O)(=O)c3ccc(F)cc3)c2C(=O)OC)C1. The highest BCUT2D eigenvalue weighted by atomic mass is 32.2. The van der Waals surface area contributed by atoms with Crippen molar-refractivity contribution in [2.24, 2.45) is 0 Å². The van der Waals surface area contributed by atoms with Crippen LogP contribution in [0.15, 0.2) is 29.2 Å². The van der Waals surface area contributed by atoms with Gasteiger partial charge in [-0.25, -0.2) is 22.4 Å².